The Morgan fingerprint density at radius 2 is 1.75 bits per heavy atom. The van der Waals surface area contributed by atoms with Crippen LogP contribution in [-0.4, -0.2) is 60.1 Å². The van der Waals surface area contributed by atoms with Gasteiger partial charge in [-0.2, -0.15) is 5.10 Å². The van der Waals surface area contributed by atoms with Gasteiger partial charge in [0.1, 0.15) is 23.8 Å². The third-order valence-electron chi connectivity index (χ3n) is 4.01. The van der Waals surface area contributed by atoms with Crippen molar-refractivity contribution in [3.8, 4) is 17.2 Å². The molecule has 0 spiro atoms. The molecule has 3 N–H and O–H groups in total. The number of carbonyl (C=O) groups excluding carboxylic acids is 2. The number of sulfonamides is 1. The molecule has 0 saturated heterocycles. The smallest absolute Gasteiger partial charge is 0.260 e. The largest absolute Gasteiger partial charge is 0.497 e. The number of nitrogens with two attached hydrogens (primary N) is 1. The van der Waals surface area contributed by atoms with Crippen molar-refractivity contribution in [1.82, 2.24) is 5.43 Å². The van der Waals surface area contributed by atoms with Crippen molar-refractivity contribution in [2.75, 3.05) is 37.9 Å². The number of ether oxygens (including phenoxy) is 3. The van der Waals surface area contributed by atoms with E-state index in [1.807, 2.05) is 0 Å². The Morgan fingerprint density at radius 3 is 2.31 bits per heavy atom. The quantitative estimate of drug-likeness (QED) is 0.363. The van der Waals surface area contributed by atoms with E-state index in [2.05, 4.69) is 10.5 Å². The highest BCUT2D eigenvalue weighted by Gasteiger charge is 2.24. The van der Waals surface area contributed by atoms with Crippen LogP contribution in [0.25, 0.3) is 0 Å². The number of nitrogens with one attached hydrogen (secondary N) is 1. The van der Waals surface area contributed by atoms with Gasteiger partial charge in [-0.05, 0) is 42.0 Å². The van der Waals surface area contributed by atoms with Gasteiger partial charge in [-0.15, -0.1) is 0 Å². The van der Waals surface area contributed by atoms with Gasteiger partial charge in [0.25, 0.3) is 11.8 Å². The summed E-state index contributed by atoms with van der Waals surface area (Å²) in [5, 5.41) is 3.83. The molecule has 2 aromatic rings. The zero-order chi connectivity index (χ0) is 23.7. The van der Waals surface area contributed by atoms with Crippen LogP contribution in [0.5, 0.6) is 17.2 Å². The van der Waals surface area contributed by atoms with E-state index in [9.17, 15) is 18.0 Å². The lowest BCUT2D eigenvalue weighted by atomic mass is 10.2. The number of nitrogens with zero attached hydrogens (tertiary/aromatic N) is 2. The summed E-state index contributed by atoms with van der Waals surface area (Å²) in [5.74, 6) is -0.158. The summed E-state index contributed by atoms with van der Waals surface area (Å²) in [6.45, 7) is -0.766. The van der Waals surface area contributed by atoms with Crippen molar-refractivity contribution in [3.05, 3.63) is 48.0 Å². The fourth-order valence-electron chi connectivity index (χ4n) is 2.52. The van der Waals surface area contributed by atoms with Crippen LogP contribution in [-0.2, 0) is 19.6 Å². The predicted molar refractivity (Wildman–Crippen MR) is 119 cm³/mol. The number of anilines is 1. The molecule has 0 saturated carbocycles. The Hall–Kier alpha value is -3.80. The van der Waals surface area contributed by atoms with E-state index >= 15 is 0 Å². The number of hydrogen-bond acceptors (Lipinski definition) is 8. The summed E-state index contributed by atoms with van der Waals surface area (Å²) in [4.78, 5) is 23.1. The van der Waals surface area contributed by atoms with Crippen LogP contribution < -0.4 is 29.7 Å². The molecular formula is C20H24N4O7S. The Kier molecular flexibility index (Phi) is 8.41. The minimum Gasteiger partial charge on any atom is -0.497 e. The van der Waals surface area contributed by atoms with E-state index in [0.717, 1.165) is 10.6 Å². The van der Waals surface area contributed by atoms with E-state index in [4.69, 9.17) is 19.9 Å². The molecule has 0 unspecified atom stereocenters. The summed E-state index contributed by atoms with van der Waals surface area (Å²) in [7, 11) is -0.998. The number of amides is 2. The molecule has 172 valence electrons. The van der Waals surface area contributed by atoms with E-state index < -0.39 is 28.4 Å². The highest BCUT2D eigenvalue weighted by atomic mass is 32.2. The Bertz CT molecular complexity index is 1090. The molecule has 12 heteroatoms. The maximum absolute atomic E-state index is 12.4. The molecule has 0 heterocycles. The number of hydrogen-bond donors (Lipinski definition) is 2. The Labute approximate surface area is 185 Å². The van der Waals surface area contributed by atoms with Crippen LogP contribution >= 0.6 is 0 Å². The predicted octanol–water partition coefficient (Wildman–Crippen LogP) is 0.484. The summed E-state index contributed by atoms with van der Waals surface area (Å²) >= 11 is 0. The molecule has 32 heavy (non-hydrogen) atoms. The molecule has 2 amide bonds. The molecule has 0 atom stereocenters. The van der Waals surface area contributed by atoms with E-state index in [1.54, 1.807) is 36.4 Å². The fraction of sp³-hybridized carbons (Fsp3) is 0.250. The van der Waals surface area contributed by atoms with Gasteiger partial charge in [0.2, 0.25) is 10.0 Å². The van der Waals surface area contributed by atoms with Crippen LogP contribution in [0.2, 0.25) is 0 Å². The molecular weight excluding hydrogens is 440 g/mol. The molecule has 0 aliphatic carbocycles. The maximum atomic E-state index is 12.4. The van der Waals surface area contributed by atoms with Crippen LogP contribution in [0.3, 0.4) is 0 Å². The topological polar surface area (TPSA) is 150 Å². The summed E-state index contributed by atoms with van der Waals surface area (Å²) in [5.41, 5.74) is 8.08. The first kappa shape index (κ1) is 24.5. The average molecular weight is 465 g/mol. The normalized spacial score (nSPS) is 11.1. The first-order valence-electron chi connectivity index (χ1n) is 9.17. The second kappa shape index (κ2) is 11.0. The van der Waals surface area contributed by atoms with Gasteiger partial charge in [0, 0.05) is 6.07 Å². The number of hydrazone groups is 1. The van der Waals surface area contributed by atoms with Crippen LogP contribution in [0.1, 0.15) is 5.56 Å². The van der Waals surface area contributed by atoms with Crippen molar-refractivity contribution in [2.24, 2.45) is 10.8 Å². The van der Waals surface area contributed by atoms with Crippen LogP contribution in [0.4, 0.5) is 5.69 Å². The van der Waals surface area contributed by atoms with Crippen molar-refractivity contribution < 1.29 is 32.2 Å². The number of rotatable bonds is 11. The fourth-order valence-corrected chi connectivity index (χ4v) is 3.37. The summed E-state index contributed by atoms with van der Waals surface area (Å²) < 4.78 is 41.1. The van der Waals surface area contributed by atoms with Gasteiger partial charge in [-0.25, -0.2) is 13.8 Å². The first-order valence-corrected chi connectivity index (χ1v) is 11.0. The molecule has 2 aromatic carbocycles. The zero-order valence-corrected chi connectivity index (χ0v) is 18.6. The van der Waals surface area contributed by atoms with Gasteiger partial charge in [0.15, 0.2) is 6.61 Å². The number of methoxy groups -OCH3 is 2. The summed E-state index contributed by atoms with van der Waals surface area (Å²) in [6, 6.07) is 11.1. The standard InChI is InChI=1S/C20H24N4O7S/c1-29-16-8-9-18(30-2)17(10-16)24(32(3,27)28)12-20(26)23-22-11-14-4-6-15(7-5-14)31-13-19(21)25/h4-11H,12-13H2,1-3H3,(H2,21,25)(H,23,26)/b22-11-. The zero-order valence-electron chi connectivity index (χ0n) is 17.8. The van der Waals surface area contributed by atoms with Crippen molar-refractivity contribution in [2.45, 2.75) is 0 Å². The number of benzene rings is 2. The maximum Gasteiger partial charge on any atom is 0.260 e. The van der Waals surface area contributed by atoms with Crippen LogP contribution in [0.15, 0.2) is 47.6 Å². The van der Waals surface area contributed by atoms with Gasteiger partial charge in [0.05, 0.1) is 32.4 Å². The lowest BCUT2D eigenvalue weighted by Gasteiger charge is -2.23. The van der Waals surface area contributed by atoms with Crippen LogP contribution in [0, 0.1) is 0 Å². The number of carbonyl (C=O) groups is 2. The molecule has 0 radical (unpaired) electrons. The molecule has 0 bridgehead atoms. The van der Waals surface area contributed by atoms with Crippen molar-refractivity contribution in [1.29, 1.82) is 0 Å². The molecule has 0 fully saturated rings. The monoisotopic (exact) mass is 464 g/mol. The molecule has 0 aliphatic rings. The molecule has 0 aromatic heterocycles. The Balaban J connectivity index is 2.08. The van der Waals surface area contributed by atoms with E-state index in [-0.39, 0.29) is 18.0 Å². The molecule has 11 nitrogen and oxygen atoms in total. The highest BCUT2D eigenvalue weighted by Crippen LogP contribution is 2.33. The minimum atomic E-state index is -3.83. The lowest BCUT2D eigenvalue weighted by molar-refractivity contribution is -0.120. The molecule has 0 aliphatic heterocycles. The SMILES string of the molecule is COc1ccc(OC)c(N(CC(=O)N/N=C\c2ccc(OCC(N)=O)cc2)S(C)(=O)=O)c1. The lowest BCUT2D eigenvalue weighted by Crippen LogP contribution is -2.39. The average Bonchev–Trinajstić information content (AvgIpc) is 2.75. The van der Waals surface area contributed by atoms with E-state index in [1.165, 1.54) is 26.5 Å². The van der Waals surface area contributed by atoms with Gasteiger partial charge < -0.3 is 19.9 Å². The van der Waals surface area contributed by atoms with Gasteiger partial charge >= 0.3 is 0 Å². The van der Waals surface area contributed by atoms with Gasteiger partial charge in [-0.3, -0.25) is 13.9 Å². The third-order valence-corrected chi connectivity index (χ3v) is 5.13. The van der Waals surface area contributed by atoms with Crippen molar-refractivity contribution in [3.63, 3.8) is 0 Å². The Morgan fingerprint density at radius 1 is 1.09 bits per heavy atom. The summed E-state index contributed by atoms with van der Waals surface area (Å²) in [6.07, 6.45) is 2.34. The molecule has 2 rings (SSSR count). The van der Waals surface area contributed by atoms with E-state index in [0.29, 0.717) is 17.1 Å². The second-order valence-corrected chi connectivity index (χ2v) is 8.33. The highest BCUT2D eigenvalue weighted by molar-refractivity contribution is 7.92. The van der Waals surface area contributed by atoms with Crippen molar-refractivity contribution >= 4 is 33.7 Å². The number of primary amides is 1. The minimum absolute atomic E-state index is 0.153. The second-order valence-electron chi connectivity index (χ2n) is 6.42. The first-order chi connectivity index (χ1) is 15.1. The van der Waals surface area contributed by atoms with Gasteiger partial charge in [-0.1, -0.05) is 0 Å². The third kappa shape index (κ3) is 7.16.